The molecule has 3 heteroatoms. The third-order valence-corrected chi connectivity index (χ3v) is 8.63. The van der Waals surface area contributed by atoms with E-state index in [1.165, 1.54) is 96.3 Å². The van der Waals surface area contributed by atoms with Crippen LogP contribution in [0.5, 0.6) is 11.5 Å². The molecule has 0 aromatic heterocycles. The highest BCUT2D eigenvalue weighted by molar-refractivity contribution is 5.75. The monoisotopic (exact) mass is 484 g/mol. The van der Waals surface area contributed by atoms with Gasteiger partial charge < -0.3 is 9.47 Å². The summed E-state index contributed by atoms with van der Waals surface area (Å²) in [5.74, 6) is 4.22. The molecular formula is C32H52O3. The summed E-state index contributed by atoms with van der Waals surface area (Å²) in [6.45, 7) is 5.31. The van der Waals surface area contributed by atoms with Gasteiger partial charge in [0.1, 0.15) is 11.5 Å². The van der Waals surface area contributed by atoms with Crippen LogP contribution in [0.3, 0.4) is 0 Å². The van der Waals surface area contributed by atoms with Crippen LogP contribution < -0.4 is 9.47 Å². The van der Waals surface area contributed by atoms with E-state index < -0.39 is 0 Å². The van der Waals surface area contributed by atoms with Crippen LogP contribution in [-0.4, -0.2) is 12.6 Å². The molecule has 198 valence electrons. The number of ether oxygens (including phenoxy) is 2. The molecule has 2 aliphatic carbocycles. The highest BCUT2D eigenvalue weighted by Gasteiger charge is 2.27. The lowest BCUT2D eigenvalue weighted by atomic mass is 9.78. The van der Waals surface area contributed by atoms with Crippen molar-refractivity contribution in [2.24, 2.45) is 23.7 Å². The van der Waals surface area contributed by atoms with Gasteiger partial charge in [0.2, 0.25) is 0 Å². The lowest BCUT2D eigenvalue weighted by Gasteiger charge is -2.28. The Balaban J connectivity index is 1.24. The molecule has 3 rings (SSSR count). The second-order valence-corrected chi connectivity index (χ2v) is 11.5. The zero-order valence-corrected chi connectivity index (χ0v) is 22.8. The SMILES string of the molecule is CCCCCCCC1CCC(CCCOc2ccc(OC(=O)C3CCC(CCC)CC3)cc2)CC1. The number of carbonyl (C=O) groups excluding carboxylic acids is 1. The fourth-order valence-corrected chi connectivity index (χ4v) is 6.31. The maximum atomic E-state index is 12.5. The van der Waals surface area contributed by atoms with Crippen molar-refractivity contribution in [3.63, 3.8) is 0 Å². The molecule has 0 saturated heterocycles. The largest absolute Gasteiger partial charge is 0.494 e. The van der Waals surface area contributed by atoms with Crippen molar-refractivity contribution >= 4 is 5.97 Å². The molecule has 0 N–H and O–H groups in total. The van der Waals surface area contributed by atoms with Crippen LogP contribution in [0.25, 0.3) is 0 Å². The predicted molar refractivity (Wildman–Crippen MR) is 146 cm³/mol. The Kier molecular flexibility index (Phi) is 13.1. The highest BCUT2D eigenvalue weighted by Crippen LogP contribution is 2.35. The summed E-state index contributed by atoms with van der Waals surface area (Å²) in [6.07, 6.45) is 23.5. The summed E-state index contributed by atoms with van der Waals surface area (Å²) in [4.78, 5) is 12.5. The van der Waals surface area contributed by atoms with Crippen LogP contribution in [0.1, 0.15) is 129 Å². The minimum absolute atomic E-state index is 0.0557. The van der Waals surface area contributed by atoms with Crippen LogP contribution >= 0.6 is 0 Å². The molecule has 35 heavy (non-hydrogen) atoms. The summed E-state index contributed by atoms with van der Waals surface area (Å²) in [5, 5.41) is 0. The molecule has 1 aromatic carbocycles. The van der Waals surface area contributed by atoms with Gasteiger partial charge in [0, 0.05) is 0 Å². The molecule has 0 bridgehead atoms. The summed E-state index contributed by atoms with van der Waals surface area (Å²) < 4.78 is 11.6. The van der Waals surface area contributed by atoms with E-state index in [1.54, 1.807) is 0 Å². The standard InChI is InChI=1S/C32H52O3/c1-3-5-6-7-8-11-27-13-15-28(16-14-27)12-9-25-34-30-21-23-31(24-22-30)35-32(33)29-19-17-26(10-4-2)18-20-29/h21-24,26-29H,3-20,25H2,1-2H3. The molecule has 2 aliphatic rings. The van der Waals surface area contributed by atoms with Crippen molar-refractivity contribution in [3.05, 3.63) is 24.3 Å². The van der Waals surface area contributed by atoms with Gasteiger partial charge in [-0.2, -0.15) is 0 Å². The Bertz CT molecular complexity index is 681. The molecule has 0 amide bonds. The van der Waals surface area contributed by atoms with Crippen LogP contribution in [0.4, 0.5) is 0 Å². The average molecular weight is 485 g/mol. The first kappa shape index (κ1) is 28.1. The Morgan fingerprint density at radius 2 is 1.20 bits per heavy atom. The molecule has 0 spiro atoms. The number of unbranched alkanes of at least 4 members (excludes halogenated alkanes) is 4. The van der Waals surface area contributed by atoms with E-state index in [4.69, 9.17) is 9.47 Å². The molecule has 0 unspecified atom stereocenters. The molecule has 0 radical (unpaired) electrons. The molecule has 0 aliphatic heterocycles. The van der Waals surface area contributed by atoms with E-state index in [1.807, 2.05) is 24.3 Å². The summed E-state index contributed by atoms with van der Waals surface area (Å²) in [5.41, 5.74) is 0. The fourth-order valence-electron chi connectivity index (χ4n) is 6.31. The minimum Gasteiger partial charge on any atom is -0.494 e. The smallest absolute Gasteiger partial charge is 0.314 e. The number of hydrogen-bond donors (Lipinski definition) is 0. The van der Waals surface area contributed by atoms with Gasteiger partial charge in [-0.1, -0.05) is 90.9 Å². The Hall–Kier alpha value is -1.51. The van der Waals surface area contributed by atoms with Gasteiger partial charge in [-0.3, -0.25) is 4.79 Å². The fraction of sp³-hybridized carbons (Fsp3) is 0.781. The first-order chi connectivity index (χ1) is 17.2. The van der Waals surface area contributed by atoms with Crippen molar-refractivity contribution in [1.29, 1.82) is 0 Å². The maximum Gasteiger partial charge on any atom is 0.314 e. The van der Waals surface area contributed by atoms with E-state index in [9.17, 15) is 4.79 Å². The van der Waals surface area contributed by atoms with Crippen molar-refractivity contribution in [2.45, 2.75) is 129 Å². The number of hydrogen-bond acceptors (Lipinski definition) is 3. The minimum atomic E-state index is -0.0557. The normalized spacial score (nSPS) is 24.7. The Morgan fingerprint density at radius 1 is 0.657 bits per heavy atom. The zero-order valence-electron chi connectivity index (χ0n) is 22.8. The number of benzene rings is 1. The third-order valence-electron chi connectivity index (χ3n) is 8.63. The maximum absolute atomic E-state index is 12.5. The lowest BCUT2D eigenvalue weighted by molar-refractivity contribution is -0.140. The van der Waals surface area contributed by atoms with E-state index in [0.29, 0.717) is 5.75 Å². The number of esters is 1. The predicted octanol–water partition coefficient (Wildman–Crippen LogP) is 9.52. The lowest BCUT2D eigenvalue weighted by Crippen LogP contribution is -2.25. The molecular weight excluding hydrogens is 432 g/mol. The van der Waals surface area contributed by atoms with Gasteiger partial charge >= 0.3 is 5.97 Å². The first-order valence-corrected chi connectivity index (χ1v) is 15.1. The average Bonchev–Trinajstić information content (AvgIpc) is 2.89. The molecule has 2 saturated carbocycles. The molecule has 2 fully saturated rings. The van der Waals surface area contributed by atoms with Crippen molar-refractivity contribution in [3.8, 4) is 11.5 Å². The van der Waals surface area contributed by atoms with Gasteiger partial charge in [0.05, 0.1) is 12.5 Å². The van der Waals surface area contributed by atoms with E-state index in [2.05, 4.69) is 13.8 Å². The highest BCUT2D eigenvalue weighted by atomic mass is 16.5. The quantitative estimate of drug-likeness (QED) is 0.141. The van der Waals surface area contributed by atoms with E-state index in [-0.39, 0.29) is 11.9 Å². The number of rotatable bonds is 15. The second kappa shape index (κ2) is 16.3. The van der Waals surface area contributed by atoms with Crippen LogP contribution in [0.15, 0.2) is 24.3 Å². The van der Waals surface area contributed by atoms with E-state index in [0.717, 1.165) is 49.4 Å². The molecule has 0 atom stereocenters. The van der Waals surface area contributed by atoms with Crippen molar-refractivity contribution in [2.75, 3.05) is 6.61 Å². The van der Waals surface area contributed by atoms with Gasteiger partial charge in [-0.05, 0) is 80.5 Å². The van der Waals surface area contributed by atoms with Crippen LogP contribution in [-0.2, 0) is 4.79 Å². The van der Waals surface area contributed by atoms with Gasteiger partial charge in [0.25, 0.3) is 0 Å². The summed E-state index contributed by atoms with van der Waals surface area (Å²) in [7, 11) is 0. The molecule has 1 aromatic rings. The van der Waals surface area contributed by atoms with E-state index >= 15 is 0 Å². The van der Waals surface area contributed by atoms with Crippen LogP contribution in [0, 0.1) is 23.7 Å². The summed E-state index contributed by atoms with van der Waals surface area (Å²) >= 11 is 0. The third kappa shape index (κ3) is 10.6. The van der Waals surface area contributed by atoms with Gasteiger partial charge in [-0.15, -0.1) is 0 Å². The number of carbonyl (C=O) groups is 1. The van der Waals surface area contributed by atoms with Gasteiger partial charge in [0.15, 0.2) is 0 Å². The molecule has 0 heterocycles. The zero-order chi connectivity index (χ0) is 24.7. The van der Waals surface area contributed by atoms with Gasteiger partial charge in [-0.25, -0.2) is 0 Å². The van der Waals surface area contributed by atoms with Crippen LogP contribution in [0.2, 0.25) is 0 Å². The van der Waals surface area contributed by atoms with Crippen molar-refractivity contribution in [1.82, 2.24) is 0 Å². The Morgan fingerprint density at radius 3 is 1.83 bits per heavy atom. The first-order valence-electron chi connectivity index (χ1n) is 15.1. The molecule has 3 nitrogen and oxygen atoms in total. The second-order valence-electron chi connectivity index (χ2n) is 11.5. The topological polar surface area (TPSA) is 35.5 Å². The summed E-state index contributed by atoms with van der Waals surface area (Å²) in [6, 6.07) is 7.62. The van der Waals surface area contributed by atoms with Crippen molar-refractivity contribution < 1.29 is 14.3 Å². The Labute approximate surface area is 215 Å².